The number of aromatic nitrogens is 2. The molecule has 0 radical (unpaired) electrons. The van der Waals surface area contributed by atoms with E-state index < -0.39 is 0 Å². The van der Waals surface area contributed by atoms with Crippen molar-refractivity contribution in [2.45, 2.75) is 57.8 Å². The molecule has 2 fully saturated rings. The minimum atomic E-state index is -0.243. The molecule has 236 valence electrons. The standard InChI is InChI=1S/C35H42ClN7O2/c1-6-32(44)43-18-17-42(20-27(43)19-37-4)34-28-15-16-41(31-12-8-10-26-9-7-11-29(36)33(26)31)21-30(28)38-35(39-34)45-22-23(2)40(5)24(3)25-13-14-25/h6-12,23-25,27H,1,13-22H2,2-3,5H3/t23-,24-,27-/m0/s1. The number of hydrogen-bond donors (Lipinski definition) is 0. The molecule has 0 spiro atoms. The second-order valence-electron chi connectivity index (χ2n) is 12.6. The van der Waals surface area contributed by atoms with Crippen LogP contribution in [0.15, 0.2) is 49.1 Å². The molecular weight excluding hydrogens is 586 g/mol. The molecule has 10 heteroatoms. The highest BCUT2D eigenvalue weighted by Gasteiger charge is 2.35. The third-order valence-electron chi connectivity index (χ3n) is 9.83. The number of ether oxygens (including phenoxy) is 1. The molecule has 1 saturated carbocycles. The van der Waals surface area contributed by atoms with Crippen molar-refractivity contribution in [2.24, 2.45) is 5.92 Å². The van der Waals surface area contributed by atoms with Crippen LogP contribution < -0.4 is 14.5 Å². The summed E-state index contributed by atoms with van der Waals surface area (Å²) >= 11 is 6.72. The van der Waals surface area contributed by atoms with E-state index in [1.165, 1.54) is 18.9 Å². The fourth-order valence-electron chi connectivity index (χ4n) is 6.80. The number of piperazine rings is 1. The van der Waals surface area contributed by atoms with E-state index in [4.69, 9.17) is 32.9 Å². The molecule has 2 aromatic carbocycles. The molecule has 0 N–H and O–H groups in total. The summed E-state index contributed by atoms with van der Waals surface area (Å²) < 4.78 is 6.36. The van der Waals surface area contributed by atoms with Crippen LogP contribution in [0.2, 0.25) is 5.02 Å². The van der Waals surface area contributed by atoms with Crippen LogP contribution in [0.1, 0.15) is 37.9 Å². The van der Waals surface area contributed by atoms with Gasteiger partial charge in [0, 0.05) is 54.9 Å². The normalized spacial score (nSPS) is 19.6. The van der Waals surface area contributed by atoms with E-state index in [1.54, 1.807) is 4.90 Å². The monoisotopic (exact) mass is 627 g/mol. The quantitative estimate of drug-likeness (QED) is 0.218. The van der Waals surface area contributed by atoms with Crippen LogP contribution in [0, 0.1) is 12.5 Å². The molecule has 9 nitrogen and oxygen atoms in total. The summed E-state index contributed by atoms with van der Waals surface area (Å²) in [6.07, 6.45) is 4.69. The number of rotatable bonds is 10. The van der Waals surface area contributed by atoms with Gasteiger partial charge in [0.05, 0.1) is 17.3 Å². The molecule has 3 heterocycles. The van der Waals surface area contributed by atoms with Crippen LogP contribution in [-0.2, 0) is 17.8 Å². The van der Waals surface area contributed by atoms with E-state index in [9.17, 15) is 4.79 Å². The summed E-state index contributed by atoms with van der Waals surface area (Å²) in [4.78, 5) is 35.0. The van der Waals surface area contributed by atoms with E-state index in [0.717, 1.165) is 57.4 Å². The van der Waals surface area contributed by atoms with E-state index in [1.807, 2.05) is 12.1 Å². The first-order valence-corrected chi connectivity index (χ1v) is 16.3. The maximum atomic E-state index is 12.6. The summed E-state index contributed by atoms with van der Waals surface area (Å²) in [7, 11) is 2.17. The Morgan fingerprint density at radius 1 is 1.18 bits per heavy atom. The number of halogens is 1. The number of carbonyl (C=O) groups excluding carboxylic acids is 1. The fraction of sp³-hybridized carbons (Fsp3) is 0.486. The summed E-state index contributed by atoms with van der Waals surface area (Å²) in [6.45, 7) is 19.4. The number of fused-ring (bicyclic) bond motifs is 2. The molecule has 45 heavy (non-hydrogen) atoms. The number of anilines is 2. The lowest BCUT2D eigenvalue weighted by molar-refractivity contribution is -0.128. The van der Waals surface area contributed by atoms with Crippen LogP contribution in [0.25, 0.3) is 15.6 Å². The highest BCUT2D eigenvalue weighted by molar-refractivity contribution is 6.36. The fourth-order valence-corrected chi connectivity index (χ4v) is 7.08. The van der Waals surface area contributed by atoms with Gasteiger partial charge in [0.1, 0.15) is 18.5 Å². The highest BCUT2D eigenvalue weighted by Crippen LogP contribution is 2.38. The Morgan fingerprint density at radius 3 is 2.69 bits per heavy atom. The molecule has 1 amide bonds. The summed E-state index contributed by atoms with van der Waals surface area (Å²) in [5, 5.41) is 2.88. The van der Waals surface area contributed by atoms with Crippen LogP contribution in [0.4, 0.5) is 11.5 Å². The number of benzene rings is 2. The molecule has 6 rings (SSSR count). The van der Waals surface area contributed by atoms with Gasteiger partial charge in [-0.3, -0.25) is 9.69 Å². The maximum Gasteiger partial charge on any atom is 0.318 e. The van der Waals surface area contributed by atoms with Gasteiger partial charge < -0.3 is 24.3 Å². The Hall–Kier alpha value is -3.87. The minimum absolute atomic E-state index is 0.139. The van der Waals surface area contributed by atoms with Crippen molar-refractivity contribution < 1.29 is 9.53 Å². The average molecular weight is 628 g/mol. The van der Waals surface area contributed by atoms with E-state index >= 15 is 0 Å². The predicted octanol–water partition coefficient (Wildman–Crippen LogP) is 5.47. The largest absolute Gasteiger partial charge is 0.462 e. The van der Waals surface area contributed by atoms with Crippen LogP contribution in [0.5, 0.6) is 6.01 Å². The Morgan fingerprint density at radius 2 is 1.96 bits per heavy atom. The number of likely N-dealkylation sites (N-methyl/N-ethyl adjacent to an activating group) is 1. The van der Waals surface area contributed by atoms with Gasteiger partial charge in [-0.15, -0.1) is 0 Å². The lowest BCUT2D eigenvalue weighted by Crippen LogP contribution is -2.56. The number of carbonyl (C=O) groups is 1. The topological polar surface area (TPSA) is 69.4 Å². The van der Waals surface area contributed by atoms with Crippen molar-refractivity contribution in [3.63, 3.8) is 0 Å². The second-order valence-corrected chi connectivity index (χ2v) is 13.0. The van der Waals surface area contributed by atoms with Gasteiger partial charge >= 0.3 is 6.01 Å². The van der Waals surface area contributed by atoms with Crippen molar-refractivity contribution in [1.29, 1.82) is 0 Å². The van der Waals surface area contributed by atoms with Crippen LogP contribution in [-0.4, -0.2) is 90.2 Å². The molecule has 2 aliphatic heterocycles. The molecule has 0 bridgehead atoms. The first kappa shape index (κ1) is 31.1. The predicted molar refractivity (Wildman–Crippen MR) is 180 cm³/mol. The SMILES string of the molecule is [C-]#[N+]C[C@H]1CN(c2nc(OC[C@H](C)N(C)[C@@H](C)C3CC3)nc3c2CCN(c2cccc4cccc(Cl)c24)C3)CCN1C(=O)C=C. The highest BCUT2D eigenvalue weighted by atomic mass is 35.5. The van der Waals surface area contributed by atoms with Crippen molar-refractivity contribution >= 4 is 39.8 Å². The molecule has 3 atom stereocenters. The Kier molecular flexibility index (Phi) is 9.16. The molecule has 0 unspecified atom stereocenters. The third kappa shape index (κ3) is 6.45. The van der Waals surface area contributed by atoms with Gasteiger partial charge in [-0.25, -0.2) is 6.57 Å². The van der Waals surface area contributed by atoms with E-state index in [-0.39, 0.29) is 24.5 Å². The zero-order valence-electron chi connectivity index (χ0n) is 26.5. The average Bonchev–Trinajstić information content (AvgIpc) is 3.91. The molecule has 3 aliphatic rings. The first-order valence-electron chi connectivity index (χ1n) is 16.0. The zero-order valence-corrected chi connectivity index (χ0v) is 27.2. The molecule has 1 saturated heterocycles. The van der Waals surface area contributed by atoms with Crippen molar-refractivity contribution in [1.82, 2.24) is 19.8 Å². The summed E-state index contributed by atoms with van der Waals surface area (Å²) in [6, 6.07) is 13.1. The molecule has 3 aromatic rings. The lowest BCUT2D eigenvalue weighted by atomic mass is 10.0. The van der Waals surface area contributed by atoms with Crippen molar-refractivity contribution in [3.8, 4) is 6.01 Å². The molecule has 1 aliphatic carbocycles. The van der Waals surface area contributed by atoms with Gasteiger partial charge in [0.25, 0.3) is 0 Å². The molecular formula is C35H42ClN7O2. The number of hydrogen-bond acceptors (Lipinski definition) is 7. The van der Waals surface area contributed by atoms with Gasteiger partial charge in [-0.05, 0) is 69.7 Å². The Balaban J connectivity index is 1.31. The second kappa shape index (κ2) is 13.2. The van der Waals surface area contributed by atoms with E-state index in [0.29, 0.717) is 44.8 Å². The zero-order chi connectivity index (χ0) is 31.7. The molecule has 1 aromatic heterocycles. The Labute approximate surface area is 271 Å². The van der Waals surface area contributed by atoms with Crippen molar-refractivity contribution in [2.75, 3.05) is 56.2 Å². The minimum Gasteiger partial charge on any atom is -0.462 e. The summed E-state index contributed by atoms with van der Waals surface area (Å²) in [5.41, 5.74) is 3.12. The number of nitrogens with zero attached hydrogens (tertiary/aromatic N) is 7. The van der Waals surface area contributed by atoms with Gasteiger partial charge in [-0.1, -0.05) is 42.4 Å². The van der Waals surface area contributed by atoms with Gasteiger partial charge in [0.15, 0.2) is 0 Å². The smallest absolute Gasteiger partial charge is 0.318 e. The third-order valence-corrected chi connectivity index (χ3v) is 10.1. The Bertz CT molecular complexity index is 1610. The van der Waals surface area contributed by atoms with Gasteiger partial charge in [0.2, 0.25) is 12.5 Å². The summed E-state index contributed by atoms with van der Waals surface area (Å²) in [5.74, 6) is 1.48. The van der Waals surface area contributed by atoms with Crippen molar-refractivity contribution in [3.05, 3.63) is 76.8 Å². The number of amides is 1. The van der Waals surface area contributed by atoms with E-state index in [2.05, 4.69) is 71.3 Å². The first-order chi connectivity index (χ1) is 21.8. The lowest BCUT2D eigenvalue weighted by Gasteiger charge is -2.41. The van der Waals surface area contributed by atoms with Crippen LogP contribution >= 0.6 is 11.6 Å². The van der Waals surface area contributed by atoms with Gasteiger partial charge in [-0.2, -0.15) is 9.97 Å². The van der Waals surface area contributed by atoms with Crippen LogP contribution in [0.3, 0.4) is 0 Å². The maximum absolute atomic E-state index is 12.6.